The number of piperidine rings is 1. The molecule has 0 bridgehead atoms. The predicted octanol–water partition coefficient (Wildman–Crippen LogP) is 1.29. The molecule has 2 amide bonds. The first-order chi connectivity index (χ1) is 10.3. The quantitative estimate of drug-likeness (QED) is 0.908. The molecule has 0 unspecified atom stereocenters. The molecule has 1 aliphatic rings. The number of likely N-dealkylation sites (tertiary alicyclic amines) is 1. The second-order valence-electron chi connectivity index (χ2n) is 5.57. The first-order valence-corrected chi connectivity index (χ1v) is 9.03. The van der Waals surface area contributed by atoms with Crippen molar-refractivity contribution < 1.29 is 18.0 Å². The summed E-state index contributed by atoms with van der Waals surface area (Å²) in [7, 11) is -3.23. The van der Waals surface area contributed by atoms with Crippen molar-refractivity contribution in [1.82, 2.24) is 4.90 Å². The van der Waals surface area contributed by atoms with Gasteiger partial charge in [-0.3, -0.25) is 9.59 Å². The van der Waals surface area contributed by atoms with Crippen LogP contribution in [0.4, 0.5) is 5.69 Å². The summed E-state index contributed by atoms with van der Waals surface area (Å²) in [5.74, 6) is -0.171. The van der Waals surface area contributed by atoms with E-state index in [4.69, 9.17) is 0 Å². The van der Waals surface area contributed by atoms with E-state index >= 15 is 0 Å². The lowest BCUT2D eigenvalue weighted by atomic mass is 9.96. The SMILES string of the molecule is CC(=O)N1CCC(C(=O)Nc2ccc(S(C)(=O)=O)cc2)CC1. The minimum Gasteiger partial charge on any atom is -0.343 e. The van der Waals surface area contributed by atoms with Crippen molar-refractivity contribution in [3.05, 3.63) is 24.3 Å². The zero-order valence-electron chi connectivity index (χ0n) is 12.7. The molecule has 0 radical (unpaired) electrons. The number of rotatable bonds is 3. The van der Waals surface area contributed by atoms with Crippen LogP contribution in [0.3, 0.4) is 0 Å². The van der Waals surface area contributed by atoms with Crippen LogP contribution in [-0.2, 0) is 19.4 Å². The van der Waals surface area contributed by atoms with E-state index in [0.29, 0.717) is 31.6 Å². The van der Waals surface area contributed by atoms with Crippen LogP contribution in [0.25, 0.3) is 0 Å². The van der Waals surface area contributed by atoms with Gasteiger partial charge in [0.25, 0.3) is 0 Å². The Morgan fingerprint density at radius 1 is 1.14 bits per heavy atom. The summed E-state index contributed by atoms with van der Waals surface area (Å²) < 4.78 is 22.8. The molecule has 2 rings (SSSR count). The largest absolute Gasteiger partial charge is 0.343 e. The molecule has 0 atom stereocenters. The molecule has 7 heteroatoms. The van der Waals surface area contributed by atoms with Crippen molar-refractivity contribution >= 4 is 27.3 Å². The average molecular weight is 324 g/mol. The first-order valence-electron chi connectivity index (χ1n) is 7.14. The summed E-state index contributed by atoms with van der Waals surface area (Å²) in [5.41, 5.74) is 0.575. The van der Waals surface area contributed by atoms with Gasteiger partial charge in [-0.25, -0.2) is 8.42 Å². The summed E-state index contributed by atoms with van der Waals surface area (Å²) in [5, 5.41) is 2.80. The molecule has 0 saturated carbocycles. The zero-order valence-corrected chi connectivity index (χ0v) is 13.5. The van der Waals surface area contributed by atoms with Crippen LogP contribution >= 0.6 is 0 Å². The molecule has 1 fully saturated rings. The Hall–Kier alpha value is -1.89. The van der Waals surface area contributed by atoms with E-state index in [1.165, 1.54) is 19.1 Å². The lowest BCUT2D eigenvalue weighted by molar-refractivity contribution is -0.132. The van der Waals surface area contributed by atoms with Gasteiger partial charge in [-0.05, 0) is 37.1 Å². The van der Waals surface area contributed by atoms with Crippen LogP contribution in [0.15, 0.2) is 29.2 Å². The Bertz CT molecular complexity index is 659. The van der Waals surface area contributed by atoms with E-state index in [1.807, 2.05) is 0 Å². The number of hydrogen-bond donors (Lipinski definition) is 1. The van der Waals surface area contributed by atoms with Crippen molar-refractivity contribution in [2.24, 2.45) is 5.92 Å². The molecule has 1 aromatic carbocycles. The summed E-state index contributed by atoms with van der Waals surface area (Å²) >= 11 is 0. The van der Waals surface area contributed by atoms with E-state index in [1.54, 1.807) is 17.0 Å². The fraction of sp³-hybridized carbons (Fsp3) is 0.467. The Morgan fingerprint density at radius 2 is 1.68 bits per heavy atom. The molecule has 22 heavy (non-hydrogen) atoms. The standard InChI is InChI=1S/C15H20N2O4S/c1-11(18)17-9-7-12(8-10-17)15(19)16-13-3-5-14(6-4-13)22(2,20)21/h3-6,12H,7-10H2,1-2H3,(H,16,19). The van der Waals surface area contributed by atoms with Gasteiger partial charge in [-0.15, -0.1) is 0 Å². The van der Waals surface area contributed by atoms with Crippen molar-refractivity contribution in [1.29, 1.82) is 0 Å². The molecular formula is C15H20N2O4S. The maximum absolute atomic E-state index is 12.2. The van der Waals surface area contributed by atoms with Crippen LogP contribution < -0.4 is 5.32 Å². The van der Waals surface area contributed by atoms with Gasteiger partial charge in [0.2, 0.25) is 11.8 Å². The molecular weight excluding hydrogens is 304 g/mol. The number of carbonyl (C=O) groups excluding carboxylic acids is 2. The van der Waals surface area contributed by atoms with Crippen LogP contribution in [0, 0.1) is 5.92 Å². The monoisotopic (exact) mass is 324 g/mol. The Balaban J connectivity index is 1.94. The van der Waals surface area contributed by atoms with Crippen molar-refractivity contribution in [2.75, 3.05) is 24.7 Å². The van der Waals surface area contributed by atoms with Gasteiger partial charge in [0.1, 0.15) is 0 Å². The molecule has 120 valence electrons. The second kappa shape index (κ2) is 6.48. The Kier molecular flexibility index (Phi) is 4.85. The Morgan fingerprint density at radius 3 is 2.14 bits per heavy atom. The van der Waals surface area contributed by atoms with E-state index < -0.39 is 9.84 Å². The summed E-state index contributed by atoms with van der Waals surface area (Å²) in [6.07, 6.45) is 2.43. The average Bonchev–Trinajstić information content (AvgIpc) is 2.47. The maximum Gasteiger partial charge on any atom is 0.227 e. The van der Waals surface area contributed by atoms with Gasteiger partial charge in [-0.2, -0.15) is 0 Å². The Labute approximate surface area is 130 Å². The molecule has 1 saturated heterocycles. The molecule has 1 heterocycles. The number of anilines is 1. The maximum atomic E-state index is 12.2. The van der Waals surface area contributed by atoms with Crippen LogP contribution in [0.5, 0.6) is 0 Å². The summed E-state index contributed by atoms with van der Waals surface area (Å²) in [6.45, 7) is 2.73. The van der Waals surface area contributed by atoms with Crippen molar-refractivity contribution in [2.45, 2.75) is 24.7 Å². The topological polar surface area (TPSA) is 83.6 Å². The smallest absolute Gasteiger partial charge is 0.227 e. The highest BCUT2D eigenvalue weighted by Crippen LogP contribution is 2.20. The lowest BCUT2D eigenvalue weighted by Gasteiger charge is -2.30. The summed E-state index contributed by atoms with van der Waals surface area (Å²) in [6, 6.07) is 6.12. The molecule has 6 nitrogen and oxygen atoms in total. The first kappa shape index (κ1) is 16.5. The highest BCUT2D eigenvalue weighted by molar-refractivity contribution is 7.90. The number of nitrogens with zero attached hydrogens (tertiary/aromatic N) is 1. The van der Waals surface area contributed by atoms with Crippen LogP contribution in [0.2, 0.25) is 0 Å². The third kappa shape index (κ3) is 4.07. The third-order valence-corrected chi connectivity index (χ3v) is 4.99. The second-order valence-corrected chi connectivity index (χ2v) is 7.58. The van der Waals surface area contributed by atoms with Gasteiger partial charge in [0.15, 0.2) is 9.84 Å². The van der Waals surface area contributed by atoms with Gasteiger partial charge in [-0.1, -0.05) is 0 Å². The molecule has 0 aromatic heterocycles. The molecule has 1 aliphatic heterocycles. The van der Waals surface area contributed by atoms with Crippen LogP contribution in [-0.4, -0.2) is 44.5 Å². The van der Waals surface area contributed by atoms with E-state index in [2.05, 4.69) is 5.32 Å². The van der Waals surface area contributed by atoms with Gasteiger partial charge in [0.05, 0.1) is 4.90 Å². The minimum absolute atomic E-state index is 0.0372. The lowest BCUT2D eigenvalue weighted by Crippen LogP contribution is -2.40. The number of carbonyl (C=O) groups is 2. The van der Waals surface area contributed by atoms with Gasteiger partial charge >= 0.3 is 0 Å². The number of sulfone groups is 1. The molecule has 1 N–H and O–H groups in total. The zero-order chi connectivity index (χ0) is 16.3. The highest BCUT2D eigenvalue weighted by Gasteiger charge is 2.26. The highest BCUT2D eigenvalue weighted by atomic mass is 32.2. The fourth-order valence-corrected chi connectivity index (χ4v) is 3.12. The number of hydrogen-bond acceptors (Lipinski definition) is 4. The normalized spacial score (nSPS) is 16.4. The van der Waals surface area contributed by atoms with Crippen LogP contribution in [0.1, 0.15) is 19.8 Å². The van der Waals surface area contributed by atoms with E-state index in [0.717, 1.165) is 6.26 Å². The predicted molar refractivity (Wildman–Crippen MR) is 83.2 cm³/mol. The van der Waals surface area contributed by atoms with E-state index in [9.17, 15) is 18.0 Å². The summed E-state index contributed by atoms with van der Waals surface area (Å²) in [4.78, 5) is 25.4. The molecule has 1 aromatic rings. The van der Waals surface area contributed by atoms with Crippen molar-refractivity contribution in [3.8, 4) is 0 Å². The number of benzene rings is 1. The van der Waals surface area contributed by atoms with Crippen molar-refractivity contribution in [3.63, 3.8) is 0 Å². The third-order valence-electron chi connectivity index (χ3n) is 3.86. The van der Waals surface area contributed by atoms with Gasteiger partial charge in [0, 0.05) is 37.9 Å². The fourth-order valence-electron chi connectivity index (χ4n) is 2.49. The van der Waals surface area contributed by atoms with E-state index in [-0.39, 0.29) is 22.6 Å². The minimum atomic E-state index is -3.23. The molecule has 0 spiro atoms. The van der Waals surface area contributed by atoms with Gasteiger partial charge < -0.3 is 10.2 Å². The number of amides is 2. The number of nitrogens with one attached hydrogen (secondary N) is 1. The molecule has 0 aliphatic carbocycles.